The molecule has 1 aliphatic heterocycles. The van der Waals surface area contributed by atoms with Crippen LogP contribution in [0.15, 0.2) is 61.3 Å². The van der Waals surface area contributed by atoms with Crippen LogP contribution in [-0.4, -0.2) is 41.4 Å². The first-order valence-electron chi connectivity index (χ1n) is 12.7. The molecular formula is C30H36N4O. The molecule has 2 aromatic carbocycles. The van der Waals surface area contributed by atoms with Gasteiger partial charge >= 0.3 is 0 Å². The Labute approximate surface area is 209 Å². The van der Waals surface area contributed by atoms with Crippen LogP contribution in [0.4, 0.5) is 5.69 Å². The van der Waals surface area contributed by atoms with Crippen LogP contribution in [0.3, 0.4) is 0 Å². The topological polar surface area (TPSA) is 59.4 Å². The van der Waals surface area contributed by atoms with Crippen molar-refractivity contribution in [2.45, 2.75) is 51.6 Å². The van der Waals surface area contributed by atoms with E-state index in [2.05, 4.69) is 47.3 Å². The first kappa shape index (κ1) is 24.8. The normalized spacial score (nSPS) is 19.1. The Balaban J connectivity index is 1.42. The monoisotopic (exact) mass is 468 g/mol. The molecule has 0 spiro atoms. The van der Waals surface area contributed by atoms with Crippen LogP contribution in [0.5, 0.6) is 0 Å². The second-order valence-electron chi connectivity index (χ2n) is 9.83. The summed E-state index contributed by atoms with van der Waals surface area (Å²) in [6.07, 6.45) is 8.42. The van der Waals surface area contributed by atoms with Crippen molar-refractivity contribution in [3.8, 4) is 6.07 Å². The fourth-order valence-electron chi connectivity index (χ4n) is 5.54. The van der Waals surface area contributed by atoms with Gasteiger partial charge in [0.05, 0.1) is 11.6 Å². The molecule has 1 saturated heterocycles. The van der Waals surface area contributed by atoms with Crippen molar-refractivity contribution in [2.24, 2.45) is 5.92 Å². The summed E-state index contributed by atoms with van der Waals surface area (Å²) in [5.41, 5.74) is 5.10. The van der Waals surface area contributed by atoms with Gasteiger partial charge in [-0.05, 0) is 55.5 Å². The van der Waals surface area contributed by atoms with E-state index in [9.17, 15) is 4.79 Å². The molecule has 0 radical (unpaired) electrons. The van der Waals surface area contributed by atoms with Crippen molar-refractivity contribution in [1.29, 1.82) is 5.26 Å². The molecule has 2 aromatic rings. The van der Waals surface area contributed by atoms with E-state index in [0.717, 1.165) is 43.0 Å². The molecule has 35 heavy (non-hydrogen) atoms. The minimum atomic E-state index is -0.231. The van der Waals surface area contributed by atoms with Crippen LogP contribution in [0.1, 0.15) is 66.1 Å². The molecule has 1 atom stereocenters. The second-order valence-corrected chi connectivity index (χ2v) is 9.83. The molecule has 4 rings (SSSR count). The maximum absolute atomic E-state index is 12.8. The van der Waals surface area contributed by atoms with Crippen LogP contribution in [0.2, 0.25) is 0 Å². The van der Waals surface area contributed by atoms with Gasteiger partial charge in [0.1, 0.15) is 0 Å². The number of allylic oxidation sites excluding steroid dienone is 1. The number of amides is 1. The smallest absolute Gasteiger partial charge is 0.255 e. The lowest BCUT2D eigenvalue weighted by Crippen LogP contribution is -2.51. The summed E-state index contributed by atoms with van der Waals surface area (Å²) in [6.45, 7) is 14.6. The van der Waals surface area contributed by atoms with Crippen molar-refractivity contribution in [3.05, 3.63) is 83.6 Å². The van der Waals surface area contributed by atoms with E-state index < -0.39 is 0 Å². The lowest BCUT2D eigenvalue weighted by Gasteiger charge is -2.44. The zero-order valence-corrected chi connectivity index (χ0v) is 20.8. The van der Waals surface area contributed by atoms with Crippen LogP contribution in [0.25, 0.3) is 6.08 Å². The van der Waals surface area contributed by atoms with Crippen molar-refractivity contribution in [1.82, 2.24) is 9.80 Å². The third kappa shape index (κ3) is 5.83. The van der Waals surface area contributed by atoms with E-state index in [1.165, 1.54) is 37.8 Å². The van der Waals surface area contributed by atoms with Crippen LogP contribution in [-0.2, 0) is 6.54 Å². The summed E-state index contributed by atoms with van der Waals surface area (Å²) >= 11 is 0. The molecule has 1 heterocycles. The lowest BCUT2D eigenvalue weighted by atomic mass is 9.86. The van der Waals surface area contributed by atoms with Gasteiger partial charge in [-0.15, -0.1) is 0 Å². The van der Waals surface area contributed by atoms with Gasteiger partial charge in [0.25, 0.3) is 5.91 Å². The van der Waals surface area contributed by atoms with E-state index in [-0.39, 0.29) is 5.91 Å². The summed E-state index contributed by atoms with van der Waals surface area (Å²) < 4.78 is 0. The number of carbonyl (C=O) groups excluding carboxylic acids is 1. The molecule has 1 N–H and O–H groups in total. The lowest BCUT2D eigenvalue weighted by molar-refractivity contribution is 0.0926. The molecule has 1 aliphatic carbocycles. The van der Waals surface area contributed by atoms with E-state index in [1.807, 2.05) is 18.2 Å². The maximum Gasteiger partial charge on any atom is 0.255 e. The van der Waals surface area contributed by atoms with E-state index in [1.54, 1.807) is 24.3 Å². The predicted molar refractivity (Wildman–Crippen MR) is 143 cm³/mol. The third-order valence-electron chi connectivity index (χ3n) is 7.45. The Bertz CT molecular complexity index is 1130. The standard InChI is InChI=1S/C30H36N4O/c1-4-28-27(14-9-15-29(28)32-30(35)26-13-8-10-24(18-26)19-31)21-33-16-17-34(22(2)20-33)23(3)25-11-6-5-7-12-25/h4,8-10,13-15,18,22,25H,1,3,5-7,11-12,16-17,20-21H2,2H3,(H,32,35)/t22-/m0/s1. The largest absolute Gasteiger partial charge is 0.370 e. The van der Waals surface area contributed by atoms with E-state index in [0.29, 0.717) is 23.1 Å². The molecule has 1 saturated carbocycles. The van der Waals surface area contributed by atoms with Crippen molar-refractivity contribution in [3.63, 3.8) is 0 Å². The molecule has 5 nitrogen and oxygen atoms in total. The number of benzene rings is 2. The Morgan fingerprint density at radius 3 is 2.66 bits per heavy atom. The fourth-order valence-corrected chi connectivity index (χ4v) is 5.54. The van der Waals surface area contributed by atoms with Crippen molar-refractivity contribution >= 4 is 17.7 Å². The highest BCUT2D eigenvalue weighted by atomic mass is 16.1. The van der Waals surface area contributed by atoms with Gasteiger partial charge in [-0.1, -0.05) is 56.7 Å². The average molecular weight is 469 g/mol. The van der Waals surface area contributed by atoms with Gasteiger partial charge in [0.15, 0.2) is 0 Å². The van der Waals surface area contributed by atoms with Crippen LogP contribution in [0, 0.1) is 17.2 Å². The number of nitrogens with zero attached hydrogens (tertiary/aromatic N) is 3. The Kier molecular flexibility index (Phi) is 8.05. The first-order valence-corrected chi connectivity index (χ1v) is 12.7. The number of nitriles is 1. The van der Waals surface area contributed by atoms with Gasteiger partial charge in [0, 0.05) is 54.7 Å². The Morgan fingerprint density at radius 1 is 1.17 bits per heavy atom. The van der Waals surface area contributed by atoms with Crippen molar-refractivity contribution in [2.75, 3.05) is 25.0 Å². The highest BCUT2D eigenvalue weighted by Gasteiger charge is 2.29. The summed E-state index contributed by atoms with van der Waals surface area (Å²) in [7, 11) is 0. The quantitative estimate of drug-likeness (QED) is 0.537. The third-order valence-corrected chi connectivity index (χ3v) is 7.45. The molecule has 182 valence electrons. The number of carbonyl (C=O) groups is 1. The fraction of sp³-hybridized carbons (Fsp3) is 0.400. The zero-order chi connectivity index (χ0) is 24.8. The maximum atomic E-state index is 12.8. The Hall–Kier alpha value is -3.36. The molecule has 2 aliphatic rings. The SMILES string of the molecule is C=Cc1c(CN2CCN(C(=C)C3CCCCC3)[C@@H](C)C2)cccc1NC(=O)c1cccc(C#N)c1. The number of nitrogens with one attached hydrogen (secondary N) is 1. The molecule has 0 bridgehead atoms. The molecular weight excluding hydrogens is 432 g/mol. The molecule has 0 unspecified atom stereocenters. The van der Waals surface area contributed by atoms with E-state index in [4.69, 9.17) is 5.26 Å². The number of anilines is 1. The van der Waals surface area contributed by atoms with Gasteiger partial charge in [0.2, 0.25) is 0 Å². The number of hydrogen-bond acceptors (Lipinski definition) is 4. The second kappa shape index (κ2) is 11.4. The number of hydrogen-bond donors (Lipinski definition) is 1. The highest BCUT2D eigenvalue weighted by molar-refractivity contribution is 6.05. The Morgan fingerprint density at radius 2 is 1.94 bits per heavy atom. The molecule has 0 aromatic heterocycles. The summed E-state index contributed by atoms with van der Waals surface area (Å²) in [5, 5.41) is 12.1. The van der Waals surface area contributed by atoms with Crippen molar-refractivity contribution < 1.29 is 4.79 Å². The predicted octanol–water partition coefficient (Wildman–Crippen LogP) is 6.05. The number of rotatable bonds is 7. The molecule has 5 heteroatoms. The van der Waals surface area contributed by atoms with Gasteiger partial charge in [-0.2, -0.15) is 5.26 Å². The van der Waals surface area contributed by atoms with Crippen LogP contribution < -0.4 is 5.32 Å². The first-order chi connectivity index (χ1) is 17.0. The molecule has 2 fully saturated rings. The highest BCUT2D eigenvalue weighted by Crippen LogP contribution is 2.33. The van der Waals surface area contributed by atoms with E-state index >= 15 is 0 Å². The zero-order valence-electron chi connectivity index (χ0n) is 20.8. The van der Waals surface area contributed by atoms with Gasteiger partial charge in [-0.3, -0.25) is 9.69 Å². The minimum Gasteiger partial charge on any atom is -0.370 e. The number of piperazine rings is 1. The van der Waals surface area contributed by atoms with Crippen LogP contribution >= 0.6 is 0 Å². The van der Waals surface area contributed by atoms with Gasteiger partial charge < -0.3 is 10.2 Å². The average Bonchev–Trinajstić information content (AvgIpc) is 2.89. The molecule has 1 amide bonds. The summed E-state index contributed by atoms with van der Waals surface area (Å²) in [5.74, 6) is 0.421. The summed E-state index contributed by atoms with van der Waals surface area (Å²) in [4.78, 5) is 17.9. The summed E-state index contributed by atoms with van der Waals surface area (Å²) in [6, 6.07) is 15.3. The minimum absolute atomic E-state index is 0.231. The van der Waals surface area contributed by atoms with Gasteiger partial charge in [-0.25, -0.2) is 0 Å².